The van der Waals surface area contributed by atoms with Crippen LogP contribution in [0.4, 0.5) is 0 Å². The van der Waals surface area contributed by atoms with Gasteiger partial charge in [-0.05, 0) is 51.7 Å². The molecule has 2 aliphatic carbocycles. The number of nitrogens with zero attached hydrogens (tertiary/aromatic N) is 6. The van der Waals surface area contributed by atoms with Gasteiger partial charge >= 0.3 is 11.9 Å². The Bertz CT molecular complexity index is 2500. The molecule has 2 N–H and O–H groups in total. The summed E-state index contributed by atoms with van der Waals surface area (Å²) in [4.78, 5) is 49.8. The number of rotatable bonds is 13. The minimum Gasteiger partial charge on any atom is -0.462 e. The number of benzene rings is 2. The van der Waals surface area contributed by atoms with Crippen molar-refractivity contribution in [2.45, 2.75) is 90.8 Å². The van der Waals surface area contributed by atoms with Crippen molar-refractivity contribution in [3.8, 4) is 33.6 Å². The smallest absolute Gasteiger partial charge is 0.302 e. The first-order valence-corrected chi connectivity index (χ1v) is 20.2. The molecule has 2 aliphatic rings. The fourth-order valence-corrected chi connectivity index (χ4v) is 8.63. The summed E-state index contributed by atoms with van der Waals surface area (Å²) < 4.78 is 17.1. The quantitative estimate of drug-likeness (QED) is 0.141. The second kappa shape index (κ2) is 16.2. The van der Waals surface area contributed by atoms with E-state index in [1.54, 1.807) is 30.3 Å². The molecule has 2 fully saturated rings. The van der Waals surface area contributed by atoms with Crippen LogP contribution in [0.3, 0.4) is 0 Å². The summed E-state index contributed by atoms with van der Waals surface area (Å²) in [6.45, 7) is 8.73. The van der Waals surface area contributed by atoms with Gasteiger partial charge < -0.3 is 29.2 Å². The first-order valence-electron chi connectivity index (χ1n) is 19.4. The molecule has 0 aliphatic heterocycles. The van der Waals surface area contributed by atoms with Gasteiger partial charge in [-0.15, -0.1) is 0 Å². The van der Waals surface area contributed by atoms with Crippen LogP contribution in [-0.4, -0.2) is 77.7 Å². The van der Waals surface area contributed by atoms with E-state index >= 15 is 0 Å². The highest BCUT2D eigenvalue weighted by Crippen LogP contribution is 2.42. The number of esters is 2. The summed E-state index contributed by atoms with van der Waals surface area (Å²) >= 11 is 14.3. The van der Waals surface area contributed by atoms with Crippen molar-refractivity contribution in [2.75, 3.05) is 13.1 Å². The Kier molecular flexibility index (Phi) is 11.0. The lowest BCUT2D eigenvalue weighted by Crippen LogP contribution is -2.47. The molecule has 6 aromatic rings. The van der Waals surface area contributed by atoms with E-state index in [2.05, 4.69) is 10.6 Å². The van der Waals surface area contributed by atoms with Crippen molar-refractivity contribution in [2.24, 2.45) is 0 Å². The van der Waals surface area contributed by atoms with Crippen LogP contribution < -0.4 is 21.8 Å². The molecule has 58 heavy (non-hydrogen) atoms. The monoisotopic (exact) mass is 826 g/mol. The molecule has 302 valence electrons. The third-order valence-electron chi connectivity index (χ3n) is 11.1. The standard InChI is InChI=1S/C42H44Cl2N8O6/c1-23-21-51-37(41(55)49(23)13-11-45-27-15-29(16-27)57-25(3)53)19-35(47-51)33-9-5-7-31(39(33)43)32-8-6-10-34(40(32)44)36-20-38-42(56)50(24(2)22-52(38)48-36)14-12-46-28-17-30(18-28)58-26(4)54/h5-10,19-22,27-30,45-46H,11-18H2,1-4H3/t27-,28-,29+,30+. The van der Waals surface area contributed by atoms with E-state index in [0.717, 1.165) is 37.1 Å². The zero-order valence-electron chi connectivity index (χ0n) is 32.6. The van der Waals surface area contributed by atoms with E-state index in [-0.39, 0.29) is 47.3 Å². The molecular formula is C42H44Cl2N8O6. The second-order valence-corrected chi connectivity index (χ2v) is 16.0. The summed E-state index contributed by atoms with van der Waals surface area (Å²) in [7, 11) is 0. The number of halogens is 2. The number of aryl methyl sites for hydroxylation is 2. The average Bonchev–Trinajstić information content (AvgIpc) is 3.76. The number of hydrogen-bond donors (Lipinski definition) is 2. The molecule has 16 heteroatoms. The van der Waals surface area contributed by atoms with E-state index in [1.807, 2.05) is 62.6 Å². The van der Waals surface area contributed by atoms with Crippen LogP contribution in [0, 0.1) is 13.8 Å². The average molecular weight is 828 g/mol. The third kappa shape index (κ3) is 7.81. The van der Waals surface area contributed by atoms with Gasteiger partial charge in [-0.2, -0.15) is 10.2 Å². The number of aromatic nitrogens is 6. The number of carbonyl (C=O) groups excluding carboxylic acids is 2. The summed E-state index contributed by atoms with van der Waals surface area (Å²) in [5.74, 6) is -0.531. The third-order valence-corrected chi connectivity index (χ3v) is 11.9. The van der Waals surface area contributed by atoms with E-state index in [9.17, 15) is 19.2 Å². The topological polar surface area (TPSA) is 155 Å². The molecule has 4 heterocycles. The van der Waals surface area contributed by atoms with Crippen LogP contribution in [-0.2, 0) is 32.2 Å². The fourth-order valence-electron chi connectivity index (χ4n) is 7.98. The Morgan fingerprint density at radius 1 is 0.672 bits per heavy atom. The van der Waals surface area contributed by atoms with Crippen molar-refractivity contribution < 1.29 is 19.1 Å². The van der Waals surface area contributed by atoms with Crippen LogP contribution in [0.5, 0.6) is 0 Å². The summed E-state index contributed by atoms with van der Waals surface area (Å²) in [6, 6.07) is 15.2. The molecule has 0 saturated heterocycles. The Balaban J connectivity index is 1.00. The zero-order chi connectivity index (χ0) is 40.8. The van der Waals surface area contributed by atoms with Gasteiger partial charge in [-0.25, -0.2) is 9.03 Å². The molecule has 8 rings (SSSR count). The molecule has 0 atom stereocenters. The number of nitrogens with one attached hydrogen (secondary N) is 2. The lowest BCUT2D eigenvalue weighted by atomic mass is 9.89. The highest BCUT2D eigenvalue weighted by Gasteiger charge is 2.32. The van der Waals surface area contributed by atoms with E-state index in [1.165, 1.54) is 13.8 Å². The van der Waals surface area contributed by atoms with Crippen molar-refractivity contribution >= 4 is 46.2 Å². The molecule has 4 aromatic heterocycles. The Labute approximate surface area is 343 Å². The minimum atomic E-state index is -0.266. The molecule has 0 unspecified atom stereocenters. The highest BCUT2D eigenvalue weighted by molar-refractivity contribution is 6.39. The largest absolute Gasteiger partial charge is 0.462 e. The summed E-state index contributed by atoms with van der Waals surface area (Å²) in [6.07, 6.45) is 6.63. The first-order chi connectivity index (χ1) is 27.8. The molecule has 2 aromatic carbocycles. The van der Waals surface area contributed by atoms with Gasteiger partial charge in [0.05, 0.1) is 21.4 Å². The summed E-state index contributed by atoms with van der Waals surface area (Å²) in [5.41, 5.74) is 5.77. The van der Waals surface area contributed by atoms with Gasteiger partial charge in [0.15, 0.2) is 0 Å². The van der Waals surface area contributed by atoms with E-state index in [0.29, 0.717) is 80.9 Å². The highest BCUT2D eigenvalue weighted by atomic mass is 35.5. The van der Waals surface area contributed by atoms with Gasteiger partial charge in [-0.1, -0.05) is 59.6 Å². The molecule has 2 saturated carbocycles. The van der Waals surface area contributed by atoms with Crippen LogP contribution in [0.2, 0.25) is 10.0 Å². The second-order valence-electron chi connectivity index (χ2n) is 15.2. The molecule has 14 nitrogen and oxygen atoms in total. The van der Waals surface area contributed by atoms with Crippen molar-refractivity contribution in [1.82, 2.24) is 39.0 Å². The number of hydrogen-bond acceptors (Lipinski definition) is 10. The summed E-state index contributed by atoms with van der Waals surface area (Å²) in [5, 5.41) is 17.2. The Morgan fingerprint density at radius 3 is 1.43 bits per heavy atom. The number of carbonyl (C=O) groups is 2. The maximum Gasteiger partial charge on any atom is 0.302 e. The predicted molar refractivity (Wildman–Crippen MR) is 221 cm³/mol. The fraction of sp³-hybridized carbons (Fsp3) is 0.381. The Morgan fingerprint density at radius 2 is 1.05 bits per heavy atom. The van der Waals surface area contributed by atoms with Gasteiger partial charge in [0.25, 0.3) is 11.1 Å². The van der Waals surface area contributed by atoms with Crippen LogP contribution in [0.1, 0.15) is 50.9 Å². The van der Waals surface area contributed by atoms with Crippen molar-refractivity contribution in [1.29, 1.82) is 0 Å². The lowest BCUT2D eigenvalue weighted by Gasteiger charge is -2.35. The van der Waals surface area contributed by atoms with E-state index in [4.69, 9.17) is 42.9 Å². The van der Waals surface area contributed by atoms with E-state index < -0.39 is 0 Å². The Hall–Kier alpha value is -5.28. The first kappa shape index (κ1) is 39.5. The molecule has 0 spiro atoms. The molecule has 0 amide bonds. The van der Waals surface area contributed by atoms with Gasteiger partial charge in [0.1, 0.15) is 23.2 Å². The molecule has 0 radical (unpaired) electrons. The molecular weight excluding hydrogens is 783 g/mol. The van der Waals surface area contributed by atoms with Gasteiger partial charge in [0.2, 0.25) is 0 Å². The maximum absolute atomic E-state index is 13.7. The van der Waals surface area contributed by atoms with Crippen LogP contribution >= 0.6 is 23.2 Å². The number of fused-ring (bicyclic) bond motifs is 2. The normalized spacial score (nSPS) is 18.9. The van der Waals surface area contributed by atoms with Gasteiger partial charge in [0, 0.05) is 98.1 Å². The van der Waals surface area contributed by atoms with Gasteiger partial charge in [-0.3, -0.25) is 19.2 Å². The predicted octanol–water partition coefficient (Wildman–Crippen LogP) is 5.60. The maximum atomic E-state index is 13.7. The SMILES string of the molecule is CC(=O)O[C@H]1C[C@@H](NCCn2c(C)cn3nc(-c4cccc(-c5cccc(-c6cc7c(=O)n(CCN[C@H]8C[C@@H](OC(C)=O)C8)c(C)cn7n6)c5Cl)c4Cl)cc3c2=O)C1. The molecule has 0 bridgehead atoms. The number of ether oxygens (including phenoxy) is 2. The zero-order valence-corrected chi connectivity index (χ0v) is 34.1. The van der Waals surface area contributed by atoms with Crippen molar-refractivity contribution in [3.63, 3.8) is 0 Å². The van der Waals surface area contributed by atoms with Crippen molar-refractivity contribution in [3.05, 3.63) is 103 Å². The van der Waals surface area contributed by atoms with Crippen LogP contribution in [0.15, 0.2) is 70.5 Å². The lowest BCUT2D eigenvalue weighted by molar-refractivity contribution is -0.152. The van der Waals surface area contributed by atoms with Crippen LogP contribution in [0.25, 0.3) is 44.7 Å². The minimum absolute atomic E-state index is 0.0439.